The van der Waals surface area contributed by atoms with Crippen LogP contribution in [0.2, 0.25) is 5.02 Å². The molecular weight excluding hydrogens is 582 g/mol. The molecule has 1 aliphatic rings. The first-order valence-electron chi connectivity index (χ1n) is 12.9. The van der Waals surface area contributed by atoms with E-state index in [1.807, 2.05) is 36.4 Å². The third-order valence-electron chi connectivity index (χ3n) is 6.91. The highest BCUT2D eigenvalue weighted by Gasteiger charge is 2.23. The predicted octanol–water partition coefficient (Wildman–Crippen LogP) is 7.34. The lowest BCUT2D eigenvalue weighted by molar-refractivity contribution is 0.266. The van der Waals surface area contributed by atoms with Crippen molar-refractivity contribution in [2.75, 3.05) is 14.2 Å². The van der Waals surface area contributed by atoms with Crippen LogP contribution in [0.4, 0.5) is 0 Å². The zero-order valence-electron chi connectivity index (χ0n) is 21.8. The van der Waals surface area contributed by atoms with Gasteiger partial charge in [0.05, 0.1) is 31.3 Å². The fourth-order valence-corrected chi connectivity index (χ4v) is 5.37. The maximum atomic E-state index is 13.6. The molecule has 4 aromatic rings. The first-order valence-corrected chi connectivity index (χ1v) is 14.0. The average molecular weight is 611 g/mol. The predicted molar refractivity (Wildman–Crippen MR) is 158 cm³/mol. The van der Waals surface area contributed by atoms with Gasteiger partial charge in [0, 0.05) is 21.0 Å². The number of halogens is 2. The molecule has 0 aliphatic heterocycles. The molecule has 1 aliphatic carbocycles. The Morgan fingerprint density at radius 1 is 1.03 bits per heavy atom. The second-order valence-corrected chi connectivity index (χ2v) is 10.8. The van der Waals surface area contributed by atoms with E-state index in [0.29, 0.717) is 51.2 Å². The van der Waals surface area contributed by atoms with Gasteiger partial charge in [0.1, 0.15) is 12.4 Å². The monoisotopic (exact) mass is 609 g/mol. The fraction of sp³-hybridized carbons (Fsp3) is 0.300. The SMILES string of the molecule is COc1cc(C=Nn2c(C3CCCCC3)nc3ccc(Br)cc3c2=O)cc(OC)c1OCc1ccc(Cl)cc1. The van der Waals surface area contributed by atoms with E-state index in [1.165, 1.54) is 11.1 Å². The number of hydrogen-bond acceptors (Lipinski definition) is 6. The summed E-state index contributed by atoms with van der Waals surface area (Å²) in [7, 11) is 3.14. The summed E-state index contributed by atoms with van der Waals surface area (Å²) >= 11 is 9.47. The summed E-state index contributed by atoms with van der Waals surface area (Å²) in [5.41, 5.74) is 2.14. The Kier molecular flexibility index (Phi) is 8.53. The smallest absolute Gasteiger partial charge is 0.282 e. The lowest BCUT2D eigenvalue weighted by atomic mass is 9.88. The fourth-order valence-electron chi connectivity index (χ4n) is 4.88. The molecule has 0 bridgehead atoms. The largest absolute Gasteiger partial charge is 0.493 e. The molecule has 3 aromatic carbocycles. The Morgan fingerprint density at radius 3 is 2.38 bits per heavy atom. The number of nitrogens with zero attached hydrogens (tertiary/aromatic N) is 3. The van der Waals surface area contributed by atoms with Crippen molar-refractivity contribution in [2.45, 2.75) is 44.6 Å². The van der Waals surface area contributed by atoms with Crippen molar-refractivity contribution in [1.82, 2.24) is 9.66 Å². The van der Waals surface area contributed by atoms with Gasteiger partial charge in [0.25, 0.3) is 5.56 Å². The first kappa shape index (κ1) is 27.2. The van der Waals surface area contributed by atoms with E-state index in [9.17, 15) is 4.79 Å². The van der Waals surface area contributed by atoms with E-state index >= 15 is 0 Å². The van der Waals surface area contributed by atoms with E-state index in [1.54, 1.807) is 38.6 Å². The summed E-state index contributed by atoms with van der Waals surface area (Å²) < 4.78 is 19.6. The maximum Gasteiger partial charge on any atom is 0.282 e. The van der Waals surface area contributed by atoms with Crippen LogP contribution < -0.4 is 19.8 Å². The molecule has 0 N–H and O–H groups in total. The van der Waals surface area contributed by atoms with Gasteiger partial charge < -0.3 is 14.2 Å². The van der Waals surface area contributed by atoms with Crippen molar-refractivity contribution in [2.24, 2.45) is 5.10 Å². The van der Waals surface area contributed by atoms with Crippen molar-refractivity contribution in [3.63, 3.8) is 0 Å². The quantitative estimate of drug-likeness (QED) is 0.195. The van der Waals surface area contributed by atoms with Gasteiger partial charge in [-0.3, -0.25) is 4.79 Å². The maximum absolute atomic E-state index is 13.6. The highest BCUT2D eigenvalue weighted by molar-refractivity contribution is 9.10. The van der Waals surface area contributed by atoms with Crippen molar-refractivity contribution < 1.29 is 14.2 Å². The molecule has 1 heterocycles. The Bertz CT molecular complexity index is 1540. The molecule has 0 radical (unpaired) electrons. The van der Waals surface area contributed by atoms with Gasteiger partial charge in [-0.1, -0.05) is 58.9 Å². The summed E-state index contributed by atoms with van der Waals surface area (Å²) in [6.07, 6.45) is 7.06. The van der Waals surface area contributed by atoms with Gasteiger partial charge in [-0.25, -0.2) is 4.98 Å². The molecule has 1 fully saturated rings. The molecule has 1 aromatic heterocycles. The van der Waals surface area contributed by atoms with Crippen LogP contribution in [0.3, 0.4) is 0 Å². The Balaban J connectivity index is 1.51. The van der Waals surface area contributed by atoms with Crippen molar-refractivity contribution in [3.8, 4) is 17.2 Å². The highest BCUT2D eigenvalue weighted by atomic mass is 79.9. The minimum absolute atomic E-state index is 0.185. The molecule has 39 heavy (non-hydrogen) atoms. The van der Waals surface area contributed by atoms with Crippen LogP contribution in [-0.2, 0) is 6.61 Å². The molecule has 0 amide bonds. The van der Waals surface area contributed by atoms with Crippen LogP contribution in [0.5, 0.6) is 17.2 Å². The lowest BCUT2D eigenvalue weighted by Crippen LogP contribution is -2.25. The second kappa shape index (κ2) is 12.2. The Hall–Kier alpha value is -3.36. The standard InChI is InChI=1S/C30H29BrClN3O4/c1-37-26-14-20(15-27(38-2)28(26)39-18-19-8-11-23(32)12-9-19)17-33-35-29(21-6-4-3-5-7-21)34-25-13-10-22(31)16-24(25)30(35)36/h8-17,21H,3-7,18H2,1-2H3. The lowest BCUT2D eigenvalue weighted by Gasteiger charge is -2.22. The van der Waals surface area contributed by atoms with E-state index in [-0.39, 0.29) is 11.5 Å². The summed E-state index contributed by atoms with van der Waals surface area (Å²) in [4.78, 5) is 18.5. The van der Waals surface area contributed by atoms with Gasteiger partial charge in [-0.2, -0.15) is 9.78 Å². The Labute approximate surface area is 240 Å². The number of methoxy groups -OCH3 is 2. The zero-order chi connectivity index (χ0) is 27.4. The third kappa shape index (κ3) is 6.12. The highest BCUT2D eigenvalue weighted by Crippen LogP contribution is 2.39. The first-order chi connectivity index (χ1) is 19.0. The van der Waals surface area contributed by atoms with E-state index < -0.39 is 0 Å². The van der Waals surface area contributed by atoms with Crippen LogP contribution in [0.25, 0.3) is 10.9 Å². The summed E-state index contributed by atoms with van der Waals surface area (Å²) in [6.45, 7) is 0.315. The number of aromatic nitrogens is 2. The van der Waals surface area contributed by atoms with E-state index in [0.717, 1.165) is 35.7 Å². The number of fused-ring (bicyclic) bond motifs is 1. The zero-order valence-corrected chi connectivity index (χ0v) is 24.2. The minimum Gasteiger partial charge on any atom is -0.493 e. The topological polar surface area (TPSA) is 74.9 Å². The molecule has 7 nitrogen and oxygen atoms in total. The summed E-state index contributed by atoms with van der Waals surface area (Å²) in [5, 5.41) is 5.83. The molecule has 9 heteroatoms. The van der Waals surface area contributed by atoms with Gasteiger partial charge in [0.15, 0.2) is 11.5 Å². The second-order valence-electron chi connectivity index (χ2n) is 9.50. The molecule has 202 valence electrons. The number of ether oxygens (including phenoxy) is 3. The summed E-state index contributed by atoms with van der Waals surface area (Å²) in [6, 6.07) is 16.6. The number of rotatable bonds is 8. The van der Waals surface area contributed by atoms with Crippen LogP contribution in [0, 0.1) is 0 Å². The molecule has 0 saturated heterocycles. The van der Waals surface area contributed by atoms with E-state index in [4.69, 9.17) is 30.8 Å². The third-order valence-corrected chi connectivity index (χ3v) is 7.65. The van der Waals surface area contributed by atoms with Crippen molar-refractivity contribution in [1.29, 1.82) is 0 Å². The molecule has 0 atom stereocenters. The molecule has 0 unspecified atom stereocenters. The number of hydrogen-bond donors (Lipinski definition) is 0. The average Bonchev–Trinajstić information content (AvgIpc) is 2.96. The molecule has 5 rings (SSSR count). The molecular formula is C30H29BrClN3O4. The molecule has 1 saturated carbocycles. The van der Waals surface area contributed by atoms with Crippen molar-refractivity contribution >= 4 is 44.6 Å². The number of benzene rings is 3. The van der Waals surface area contributed by atoms with Crippen LogP contribution >= 0.6 is 27.5 Å². The van der Waals surface area contributed by atoms with Crippen LogP contribution in [0.1, 0.15) is 55.0 Å². The van der Waals surface area contributed by atoms with Crippen LogP contribution in [0.15, 0.2) is 69.0 Å². The van der Waals surface area contributed by atoms with Gasteiger partial charge in [0.2, 0.25) is 5.75 Å². The summed E-state index contributed by atoms with van der Waals surface area (Å²) in [5.74, 6) is 2.34. The minimum atomic E-state index is -0.194. The Morgan fingerprint density at radius 2 is 1.72 bits per heavy atom. The molecule has 0 spiro atoms. The van der Waals surface area contributed by atoms with Gasteiger partial charge in [-0.05, 0) is 60.9 Å². The van der Waals surface area contributed by atoms with E-state index in [2.05, 4.69) is 21.0 Å². The van der Waals surface area contributed by atoms with Crippen LogP contribution in [-0.4, -0.2) is 30.1 Å². The van der Waals surface area contributed by atoms with Crippen molar-refractivity contribution in [3.05, 3.63) is 91.4 Å². The normalized spacial score (nSPS) is 14.2. The van der Waals surface area contributed by atoms with Gasteiger partial charge in [-0.15, -0.1) is 0 Å². The van der Waals surface area contributed by atoms with Gasteiger partial charge >= 0.3 is 0 Å².